The quantitative estimate of drug-likeness (QED) is 0.115. The van der Waals surface area contributed by atoms with Gasteiger partial charge in [-0.25, -0.2) is 4.98 Å². The summed E-state index contributed by atoms with van der Waals surface area (Å²) in [6.07, 6.45) is 11.5. The minimum Gasteiger partial charge on any atom is -0.508 e. The van der Waals surface area contributed by atoms with Crippen LogP contribution in [0.1, 0.15) is 92.9 Å². The van der Waals surface area contributed by atoms with Crippen LogP contribution in [-0.2, 0) is 13.0 Å². The molecule has 50 heavy (non-hydrogen) atoms. The van der Waals surface area contributed by atoms with E-state index < -0.39 is 16.5 Å². The van der Waals surface area contributed by atoms with Crippen LogP contribution in [0.2, 0.25) is 0 Å². The second kappa shape index (κ2) is 13.0. The molecule has 1 heterocycles. The third-order valence-corrected chi connectivity index (χ3v) is 12.7. The second-order valence-corrected chi connectivity index (χ2v) is 15.4. The van der Waals surface area contributed by atoms with Gasteiger partial charge in [0.05, 0.1) is 0 Å². The molecule has 0 aliphatic heterocycles. The van der Waals surface area contributed by atoms with E-state index in [0.29, 0.717) is 48.0 Å². The van der Waals surface area contributed by atoms with Crippen molar-refractivity contribution in [3.63, 3.8) is 0 Å². The van der Waals surface area contributed by atoms with Gasteiger partial charge in [0.1, 0.15) is 28.5 Å². The first kappa shape index (κ1) is 32.7. The predicted molar refractivity (Wildman–Crippen MR) is 196 cm³/mol. The minimum absolute atomic E-state index is 0.0330. The van der Waals surface area contributed by atoms with E-state index in [0.717, 1.165) is 68.9 Å². The first-order valence-corrected chi connectivity index (χ1v) is 18.4. The number of aryl methyl sites for hydroxylation is 1. The zero-order valence-electron chi connectivity index (χ0n) is 28.7. The topological polar surface area (TPSA) is 124 Å². The molecule has 5 N–H and O–H groups in total. The number of pyridine rings is 1. The lowest BCUT2D eigenvalue weighted by Gasteiger charge is -2.52. The molecule has 0 radical (unpaired) electrons. The Morgan fingerprint density at radius 2 is 1.70 bits per heavy atom. The molecular weight excluding hydrogens is 624 g/mol. The third kappa shape index (κ3) is 5.80. The Morgan fingerprint density at radius 3 is 2.50 bits per heavy atom. The SMILES string of the molecule is C[C@]12CCC3c4ccc(O)cc4CCC3C1CC[C@@]2(O)C#Cc1ccc(CN[C@@H]2CCCC[C@H]2Nc2c(Nc3ccccn3)c(=O)c2=O)cc1. The molecule has 0 spiro atoms. The van der Waals surface area contributed by atoms with Crippen LogP contribution < -0.4 is 26.8 Å². The molecule has 1 aromatic heterocycles. The van der Waals surface area contributed by atoms with E-state index in [2.05, 4.69) is 57.9 Å². The van der Waals surface area contributed by atoms with E-state index >= 15 is 0 Å². The van der Waals surface area contributed by atoms with Crippen LogP contribution in [0, 0.1) is 29.1 Å². The minimum atomic E-state index is -1.00. The van der Waals surface area contributed by atoms with Gasteiger partial charge in [0, 0.05) is 35.8 Å². The van der Waals surface area contributed by atoms with Crippen molar-refractivity contribution in [1.82, 2.24) is 10.3 Å². The number of benzene rings is 2. The molecule has 4 aromatic rings. The number of fused-ring (bicyclic) bond motifs is 5. The van der Waals surface area contributed by atoms with E-state index in [1.165, 1.54) is 11.1 Å². The fraction of sp³-hybridized carbons (Fsp3) is 0.452. The van der Waals surface area contributed by atoms with Gasteiger partial charge < -0.3 is 26.2 Å². The van der Waals surface area contributed by atoms with Gasteiger partial charge in [0.25, 0.3) is 10.9 Å². The van der Waals surface area contributed by atoms with Crippen molar-refractivity contribution in [3.05, 3.63) is 110 Å². The van der Waals surface area contributed by atoms with Crippen LogP contribution in [0.5, 0.6) is 5.75 Å². The van der Waals surface area contributed by atoms with E-state index in [1.807, 2.05) is 30.3 Å². The summed E-state index contributed by atoms with van der Waals surface area (Å²) in [5.41, 5.74) is 3.15. The van der Waals surface area contributed by atoms with Crippen LogP contribution in [0.25, 0.3) is 0 Å². The van der Waals surface area contributed by atoms with E-state index in [4.69, 9.17) is 0 Å². The Kier molecular flexibility index (Phi) is 8.53. The van der Waals surface area contributed by atoms with Crippen LogP contribution in [0.15, 0.2) is 76.4 Å². The summed E-state index contributed by atoms with van der Waals surface area (Å²) >= 11 is 0. The Hall–Kier alpha value is -4.45. The molecule has 4 aliphatic carbocycles. The summed E-state index contributed by atoms with van der Waals surface area (Å²) in [5.74, 6) is 9.11. The van der Waals surface area contributed by atoms with Gasteiger partial charge in [0.15, 0.2) is 0 Å². The lowest BCUT2D eigenvalue weighted by molar-refractivity contribution is -0.0647. The zero-order valence-corrected chi connectivity index (χ0v) is 28.7. The molecule has 8 heteroatoms. The standard InChI is InChI=1S/C42H46N4O4/c1-41-20-18-31-30-16-14-29(47)24-28(30)13-15-32(31)33(41)19-22-42(41,50)21-17-26-9-11-27(12-10-26)25-44-34-6-2-3-7-35(34)45-37-38(40(49)39(37)48)46-36-8-4-5-23-43-36/h4-5,8-12,14,16,23-24,31-35,44-45,47,50H,2-3,6-7,13,15,18-20,22,25H2,1H3,(H,43,46)/t31?,32?,33?,34-,35-,41+,42+/m1/s1. The number of aromatic nitrogens is 1. The fourth-order valence-corrected chi connectivity index (χ4v) is 9.87. The number of phenols is 1. The highest BCUT2D eigenvalue weighted by Crippen LogP contribution is 2.64. The summed E-state index contributed by atoms with van der Waals surface area (Å²) in [6.45, 7) is 2.95. The Bertz CT molecular complexity index is 2010. The first-order chi connectivity index (χ1) is 24.2. The molecule has 258 valence electrons. The van der Waals surface area contributed by atoms with Gasteiger partial charge in [-0.2, -0.15) is 0 Å². The van der Waals surface area contributed by atoms with Gasteiger partial charge in [-0.15, -0.1) is 0 Å². The number of nitrogens with one attached hydrogen (secondary N) is 3. The van der Waals surface area contributed by atoms with Crippen molar-refractivity contribution in [2.45, 2.75) is 101 Å². The lowest BCUT2D eigenvalue weighted by Crippen LogP contribution is -2.50. The number of rotatable bonds is 7. The largest absolute Gasteiger partial charge is 0.508 e. The average molecular weight is 671 g/mol. The number of aliphatic hydroxyl groups is 1. The molecule has 8 rings (SSSR count). The van der Waals surface area contributed by atoms with Gasteiger partial charge >= 0.3 is 0 Å². The molecular formula is C42H46N4O4. The molecule has 0 saturated heterocycles. The summed E-state index contributed by atoms with van der Waals surface area (Å²) in [7, 11) is 0. The first-order valence-electron chi connectivity index (χ1n) is 18.4. The summed E-state index contributed by atoms with van der Waals surface area (Å²) in [6, 6.07) is 19.8. The zero-order chi connectivity index (χ0) is 34.5. The van der Waals surface area contributed by atoms with Crippen LogP contribution in [-0.4, -0.2) is 32.9 Å². The van der Waals surface area contributed by atoms with Gasteiger partial charge in [-0.05, 0) is 122 Å². The van der Waals surface area contributed by atoms with Crippen molar-refractivity contribution in [3.8, 4) is 17.6 Å². The average Bonchev–Trinajstić information content (AvgIpc) is 3.42. The summed E-state index contributed by atoms with van der Waals surface area (Å²) < 4.78 is 0. The number of hydrogen-bond donors (Lipinski definition) is 5. The van der Waals surface area contributed by atoms with Crippen molar-refractivity contribution in [1.29, 1.82) is 0 Å². The van der Waals surface area contributed by atoms with Crippen LogP contribution in [0.3, 0.4) is 0 Å². The Balaban J connectivity index is 0.901. The van der Waals surface area contributed by atoms with Gasteiger partial charge in [-0.3, -0.25) is 9.59 Å². The highest BCUT2D eigenvalue weighted by atomic mass is 16.3. The van der Waals surface area contributed by atoms with Crippen LogP contribution in [0.4, 0.5) is 17.2 Å². The lowest BCUT2D eigenvalue weighted by atomic mass is 9.53. The molecule has 7 atom stereocenters. The monoisotopic (exact) mass is 670 g/mol. The van der Waals surface area contributed by atoms with E-state index in [1.54, 1.807) is 18.3 Å². The predicted octanol–water partition coefficient (Wildman–Crippen LogP) is 6.28. The summed E-state index contributed by atoms with van der Waals surface area (Å²) in [5, 5.41) is 32.2. The third-order valence-electron chi connectivity index (χ3n) is 12.7. The highest BCUT2D eigenvalue weighted by Gasteiger charge is 2.61. The smallest absolute Gasteiger partial charge is 0.253 e. The molecule has 8 nitrogen and oxygen atoms in total. The Labute approximate surface area is 293 Å². The normalized spacial score (nSPS) is 30.0. The molecule has 3 unspecified atom stereocenters. The molecule has 3 saturated carbocycles. The van der Waals surface area contributed by atoms with Crippen molar-refractivity contribution in [2.24, 2.45) is 17.3 Å². The molecule has 3 fully saturated rings. The van der Waals surface area contributed by atoms with Gasteiger partial charge in [-0.1, -0.05) is 55.9 Å². The number of hydrogen-bond acceptors (Lipinski definition) is 8. The number of anilines is 3. The maximum absolute atomic E-state index is 12.5. The summed E-state index contributed by atoms with van der Waals surface area (Å²) in [4.78, 5) is 29.1. The van der Waals surface area contributed by atoms with Gasteiger partial charge in [0.2, 0.25) is 0 Å². The molecule has 0 amide bonds. The maximum atomic E-state index is 12.5. The van der Waals surface area contributed by atoms with Crippen molar-refractivity contribution >= 4 is 17.2 Å². The fourth-order valence-electron chi connectivity index (χ4n) is 9.87. The Morgan fingerprint density at radius 1 is 0.900 bits per heavy atom. The van der Waals surface area contributed by atoms with E-state index in [9.17, 15) is 19.8 Å². The molecule has 4 aliphatic rings. The number of nitrogens with zero attached hydrogens (tertiary/aromatic N) is 1. The highest BCUT2D eigenvalue weighted by molar-refractivity contribution is 5.78. The maximum Gasteiger partial charge on any atom is 0.253 e. The molecule has 0 bridgehead atoms. The van der Waals surface area contributed by atoms with Crippen LogP contribution >= 0.6 is 0 Å². The number of aromatic hydroxyl groups is 1. The van der Waals surface area contributed by atoms with Crippen molar-refractivity contribution < 1.29 is 10.2 Å². The van der Waals surface area contributed by atoms with Crippen molar-refractivity contribution in [2.75, 3.05) is 10.6 Å². The number of phenolic OH excluding ortho intramolecular Hbond substituents is 1. The second-order valence-electron chi connectivity index (χ2n) is 15.4. The molecule has 3 aromatic carbocycles. The van der Waals surface area contributed by atoms with E-state index in [-0.39, 0.29) is 23.2 Å².